The summed E-state index contributed by atoms with van der Waals surface area (Å²) in [7, 11) is 0. The van der Waals surface area contributed by atoms with E-state index in [-0.39, 0.29) is 17.7 Å². The number of nitrogens with zero attached hydrogens (tertiary/aromatic N) is 1. The molecule has 1 aromatic rings. The van der Waals surface area contributed by atoms with Crippen LogP contribution in [0, 0.1) is 11.7 Å². The topological polar surface area (TPSA) is 50.9 Å². The molecule has 5 heteroatoms. The fraction of sp³-hybridized carbons (Fsp3) is 0.500. The molecule has 0 radical (unpaired) electrons. The van der Waals surface area contributed by atoms with Crippen molar-refractivity contribution in [3.8, 4) is 0 Å². The molecule has 0 aliphatic heterocycles. The highest BCUT2D eigenvalue weighted by Gasteiger charge is 2.14. The van der Waals surface area contributed by atoms with Gasteiger partial charge in [0.1, 0.15) is 0 Å². The van der Waals surface area contributed by atoms with Gasteiger partial charge in [0.25, 0.3) is 0 Å². The maximum absolute atomic E-state index is 13.4. The zero-order valence-electron chi connectivity index (χ0n) is 8.80. The minimum atomic E-state index is -0.372. The number of nitrogens with two attached hydrogens (primary N) is 1. The first kappa shape index (κ1) is 12.4. The molecule has 84 valence electrons. The number of aromatic nitrogens is 1. The molecule has 1 rings (SSSR count). The molecule has 0 bridgehead atoms. The predicted octanol–water partition coefficient (Wildman–Crippen LogP) is 2.38. The summed E-state index contributed by atoms with van der Waals surface area (Å²) >= 11 is 3.15. The molecule has 0 saturated heterocycles. The summed E-state index contributed by atoms with van der Waals surface area (Å²) in [4.78, 5) is 3.96. The molecule has 1 aromatic heterocycles. The van der Waals surface area contributed by atoms with E-state index >= 15 is 0 Å². The fourth-order valence-electron chi connectivity index (χ4n) is 1.19. The molecular formula is C10H15BrFN3. The molecule has 0 spiro atoms. The van der Waals surface area contributed by atoms with Gasteiger partial charge in [-0.2, -0.15) is 0 Å². The standard InChI is InChI=1S/C10H15BrFN3/c1-6(2)9(4-13)15-10-8(12)3-7(11)5-14-10/h3,5-6,9H,4,13H2,1-2H3,(H,14,15). The van der Waals surface area contributed by atoms with Gasteiger partial charge in [-0.1, -0.05) is 13.8 Å². The minimum absolute atomic E-state index is 0.0353. The smallest absolute Gasteiger partial charge is 0.166 e. The van der Waals surface area contributed by atoms with Crippen molar-refractivity contribution in [3.63, 3.8) is 0 Å². The highest BCUT2D eigenvalue weighted by Crippen LogP contribution is 2.18. The Bertz CT molecular complexity index is 330. The molecule has 1 atom stereocenters. The number of halogens is 2. The predicted molar refractivity (Wildman–Crippen MR) is 63.2 cm³/mol. The number of hydrogen-bond acceptors (Lipinski definition) is 3. The summed E-state index contributed by atoms with van der Waals surface area (Å²) in [6, 6.07) is 1.41. The van der Waals surface area contributed by atoms with E-state index in [1.807, 2.05) is 13.8 Å². The zero-order chi connectivity index (χ0) is 11.4. The third kappa shape index (κ3) is 3.43. The minimum Gasteiger partial charge on any atom is -0.363 e. The molecule has 3 N–H and O–H groups in total. The van der Waals surface area contributed by atoms with E-state index in [2.05, 4.69) is 26.2 Å². The first-order valence-corrected chi connectivity index (χ1v) is 5.61. The van der Waals surface area contributed by atoms with E-state index in [4.69, 9.17) is 5.73 Å². The molecule has 15 heavy (non-hydrogen) atoms. The summed E-state index contributed by atoms with van der Waals surface area (Å²) in [6.45, 7) is 4.51. The van der Waals surface area contributed by atoms with Crippen LogP contribution in [0.5, 0.6) is 0 Å². The number of pyridine rings is 1. The van der Waals surface area contributed by atoms with E-state index in [1.165, 1.54) is 6.07 Å². The average molecular weight is 276 g/mol. The molecule has 0 fully saturated rings. The second kappa shape index (κ2) is 5.42. The number of hydrogen-bond donors (Lipinski definition) is 2. The third-order valence-electron chi connectivity index (χ3n) is 2.19. The van der Waals surface area contributed by atoms with Crippen molar-refractivity contribution in [2.45, 2.75) is 19.9 Å². The second-order valence-electron chi connectivity index (χ2n) is 3.71. The van der Waals surface area contributed by atoms with Gasteiger partial charge in [0.15, 0.2) is 11.6 Å². The normalized spacial score (nSPS) is 12.9. The number of anilines is 1. The van der Waals surface area contributed by atoms with Gasteiger partial charge in [-0.25, -0.2) is 9.37 Å². The van der Waals surface area contributed by atoms with E-state index in [1.54, 1.807) is 6.20 Å². The summed E-state index contributed by atoms with van der Waals surface area (Å²) in [5.41, 5.74) is 5.58. The maximum atomic E-state index is 13.4. The Kier molecular flexibility index (Phi) is 4.47. The van der Waals surface area contributed by atoms with Crippen LogP contribution in [0.1, 0.15) is 13.8 Å². The lowest BCUT2D eigenvalue weighted by molar-refractivity contribution is 0.523. The van der Waals surface area contributed by atoms with Crippen LogP contribution in [0.15, 0.2) is 16.7 Å². The van der Waals surface area contributed by atoms with Gasteiger partial charge in [-0.15, -0.1) is 0 Å². The Labute approximate surface area is 97.4 Å². The van der Waals surface area contributed by atoms with Crippen LogP contribution in [-0.4, -0.2) is 17.6 Å². The van der Waals surface area contributed by atoms with Crippen molar-refractivity contribution in [3.05, 3.63) is 22.6 Å². The first-order valence-electron chi connectivity index (χ1n) is 4.82. The molecule has 1 unspecified atom stereocenters. The lowest BCUT2D eigenvalue weighted by atomic mass is 10.1. The van der Waals surface area contributed by atoms with Crippen molar-refractivity contribution < 1.29 is 4.39 Å². The second-order valence-corrected chi connectivity index (χ2v) is 4.63. The molecule has 3 nitrogen and oxygen atoms in total. The molecule has 1 heterocycles. The Morgan fingerprint density at radius 2 is 2.27 bits per heavy atom. The summed E-state index contributed by atoms with van der Waals surface area (Å²) in [5.74, 6) is 0.214. The van der Waals surface area contributed by atoms with Crippen molar-refractivity contribution >= 4 is 21.7 Å². The van der Waals surface area contributed by atoms with Gasteiger partial charge < -0.3 is 11.1 Å². The van der Waals surface area contributed by atoms with E-state index in [0.717, 1.165) is 0 Å². The van der Waals surface area contributed by atoms with Crippen LogP contribution in [0.2, 0.25) is 0 Å². The van der Waals surface area contributed by atoms with Gasteiger partial charge in [-0.05, 0) is 27.9 Å². The van der Waals surface area contributed by atoms with Gasteiger partial charge in [0.2, 0.25) is 0 Å². The van der Waals surface area contributed by atoms with Gasteiger partial charge in [-0.3, -0.25) is 0 Å². The monoisotopic (exact) mass is 275 g/mol. The van der Waals surface area contributed by atoms with Crippen LogP contribution < -0.4 is 11.1 Å². The van der Waals surface area contributed by atoms with Crippen LogP contribution >= 0.6 is 15.9 Å². The summed E-state index contributed by atoms with van der Waals surface area (Å²) in [5, 5.41) is 2.99. The lowest BCUT2D eigenvalue weighted by Crippen LogP contribution is -2.34. The summed E-state index contributed by atoms with van der Waals surface area (Å²) in [6.07, 6.45) is 1.55. The van der Waals surface area contributed by atoms with Crippen molar-refractivity contribution in [2.75, 3.05) is 11.9 Å². The Balaban J connectivity index is 2.79. The summed E-state index contributed by atoms with van der Waals surface area (Å²) < 4.78 is 14.0. The first-order chi connectivity index (χ1) is 7.04. The average Bonchev–Trinajstić information content (AvgIpc) is 2.16. The molecule has 0 saturated carbocycles. The van der Waals surface area contributed by atoms with Crippen LogP contribution in [-0.2, 0) is 0 Å². The van der Waals surface area contributed by atoms with Crippen LogP contribution in [0.4, 0.5) is 10.2 Å². The zero-order valence-corrected chi connectivity index (χ0v) is 10.4. The van der Waals surface area contributed by atoms with Crippen LogP contribution in [0.3, 0.4) is 0 Å². The third-order valence-corrected chi connectivity index (χ3v) is 2.62. The number of nitrogens with one attached hydrogen (secondary N) is 1. The fourth-order valence-corrected chi connectivity index (χ4v) is 1.50. The van der Waals surface area contributed by atoms with E-state index in [9.17, 15) is 4.39 Å². The maximum Gasteiger partial charge on any atom is 0.166 e. The highest BCUT2D eigenvalue weighted by molar-refractivity contribution is 9.10. The van der Waals surface area contributed by atoms with Crippen molar-refractivity contribution in [2.24, 2.45) is 11.7 Å². The molecule has 0 aromatic carbocycles. The number of rotatable bonds is 4. The molecule has 0 aliphatic carbocycles. The van der Waals surface area contributed by atoms with Crippen molar-refractivity contribution in [1.29, 1.82) is 0 Å². The Morgan fingerprint density at radius 1 is 1.60 bits per heavy atom. The lowest BCUT2D eigenvalue weighted by Gasteiger charge is -2.21. The van der Waals surface area contributed by atoms with Gasteiger partial charge in [0, 0.05) is 23.3 Å². The van der Waals surface area contributed by atoms with E-state index < -0.39 is 0 Å². The SMILES string of the molecule is CC(C)C(CN)Nc1ncc(Br)cc1F. The quantitative estimate of drug-likeness (QED) is 0.887. The molecule has 0 amide bonds. The van der Waals surface area contributed by atoms with Gasteiger partial charge in [0.05, 0.1) is 0 Å². The van der Waals surface area contributed by atoms with E-state index in [0.29, 0.717) is 16.9 Å². The van der Waals surface area contributed by atoms with Crippen LogP contribution in [0.25, 0.3) is 0 Å². The highest BCUT2D eigenvalue weighted by atomic mass is 79.9. The Hall–Kier alpha value is -0.680. The Morgan fingerprint density at radius 3 is 2.73 bits per heavy atom. The van der Waals surface area contributed by atoms with Crippen molar-refractivity contribution in [1.82, 2.24) is 4.98 Å². The molecular weight excluding hydrogens is 261 g/mol. The molecule has 0 aliphatic rings. The largest absolute Gasteiger partial charge is 0.363 e. The van der Waals surface area contributed by atoms with Gasteiger partial charge >= 0.3 is 0 Å².